The molecule has 0 aliphatic carbocycles. The summed E-state index contributed by atoms with van der Waals surface area (Å²) in [5.74, 6) is -0.000779. The average molecular weight is 349 g/mol. The number of amides is 1. The lowest BCUT2D eigenvalue weighted by molar-refractivity contribution is -0.121. The maximum absolute atomic E-state index is 12.0. The SMILES string of the molecule is O=C(CCn1c(=O)sc2ccccc21)NCCCN1CCOCC1. The molecule has 130 valence electrons. The smallest absolute Gasteiger partial charge is 0.308 e. The molecule has 1 aromatic heterocycles. The van der Waals surface area contributed by atoms with E-state index in [9.17, 15) is 9.59 Å². The van der Waals surface area contributed by atoms with E-state index < -0.39 is 0 Å². The molecule has 3 rings (SSSR count). The standard InChI is InChI=1S/C17H23N3O3S/c21-16(18-7-3-8-19-10-12-23-13-11-19)6-9-20-14-4-1-2-5-15(14)24-17(20)22/h1-2,4-5H,3,6-13H2,(H,18,21). The Kier molecular flexibility index (Phi) is 6.01. The monoisotopic (exact) mass is 349 g/mol. The molecule has 1 fully saturated rings. The molecule has 0 atom stereocenters. The second kappa shape index (κ2) is 8.41. The van der Waals surface area contributed by atoms with Crippen LogP contribution in [0.1, 0.15) is 12.8 Å². The normalized spacial score (nSPS) is 15.7. The van der Waals surface area contributed by atoms with Gasteiger partial charge in [-0.05, 0) is 25.1 Å². The fraction of sp³-hybridized carbons (Fsp3) is 0.529. The zero-order valence-corrected chi connectivity index (χ0v) is 14.5. The maximum Gasteiger partial charge on any atom is 0.308 e. The Balaban J connectivity index is 1.40. The molecular formula is C17H23N3O3S. The largest absolute Gasteiger partial charge is 0.379 e. The third-order valence-corrected chi connectivity index (χ3v) is 5.17. The summed E-state index contributed by atoms with van der Waals surface area (Å²) in [6.45, 7) is 5.64. The van der Waals surface area contributed by atoms with Crippen LogP contribution in [0, 0.1) is 0 Å². The summed E-state index contributed by atoms with van der Waals surface area (Å²) in [4.78, 5) is 26.4. The van der Waals surface area contributed by atoms with E-state index in [0.29, 0.717) is 19.5 Å². The average Bonchev–Trinajstić information content (AvgIpc) is 2.93. The minimum absolute atomic E-state index is 0.000779. The zero-order valence-electron chi connectivity index (χ0n) is 13.7. The summed E-state index contributed by atoms with van der Waals surface area (Å²) in [5.41, 5.74) is 0.910. The summed E-state index contributed by atoms with van der Waals surface area (Å²) >= 11 is 1.23. The van der Waals surface area contributed by atoms with Crippen LogP contribution in [0.5, 0.6) is 0 Å². The molecule has 2 aromatic rings. The molecule has 24 heavy (non-hydrogen) atoms. The molecule has 0 spiro atoms. The molecule has 7 heteroatoms. The Bertz CT molecular complexity index is 734. The molecule has 2 heterocycles. The minimum atomic E-state index is -0.00341. The van der Waals surface area contributed by atoms with Crippen molar-refractivity contribution < 1.29 is 9.53 Å². The van der Waals surface area contributed by atoms with Gasteiger partial charge < -0.3 is 10.1 Å². The predicted molar refractivity (Wildman–Crippen MR) is 95.6 cm³/mol. The molecule has 1 aliphatic heterocycles. The first kappa shape index (κ1) is 17.1. The van der Waals surface area contributed by atoms with E-state index in [1.54, 1.807) is 4.57 Å². The van der Waals surface area contributed by atoms with Crippen LogP contribution < -0.4 is 10.2 Å². The second-order valence-electron chi connectivity index (χ2n) is 5.89. The van der Waals surface area contributed by atoms with Gasteiger partial charge in [0.1, 0.15) is 0 Å². The van der Waals surface area contributed by atoms with Crippen molar-refractivity contribution in [1.82, 2.24) is 14.8 Å². The first-order valence-corrected chi connectivity index (χ1v) is 9.21. The number of nitrogens with zero attached hydrogens (tertiary/aromatic N) is 2. The summed E-state index contributed by atoms with van der Waals surface area (Å²) in [7, 11) is 0. The van der Waals surface area contributed by atoms with Crippen molar-refractivity contribution in [3.8, 4) is 0 Å². The van der Waals surface area contributed by atoms with Crippen molar-refractivity contribution in [1.29, 1.82) is 0 Å². The van der Waals surface area contributed by atoms with Crippen molar-refractivity contribution in [2.75, 3.05) is 39.4 Å². The molecular weight excluding hydrogens is 326 g/mol. The van der Waals surface area contributed by atoms with E-state index in [1.165, 1.54) is 11.3 Å². The molecule has 1 saturated heterocycles. The lowest BCUT2D eigenvalue weighted by Gasteiger charge is -2.26. The number of carbonyl (C=O) groups excluding carboxylic acids is 1. The minimum Gasteiger partial charge on any atom is -0.379 e. The number of fused-ring (bicyclic) bond motifs is 1. The van der Waals surface area contributed by atoms with E-state index >= 15 is 0 Å². The highest BCUT2D eigenvalue weighted by molar-refractivity contribution is 7.16. The molecule has 1 aromatic carbocycles. The first-order valence-electron chi connectivity index (χ1n) is 8.39. The van der Waals surface area contributed by atoms with E-state index in [1.807, 2.05) is 24.3 Å². The van der Waals surface area contributed by atoms with Crippen LogP contribution in [0.2, 0.25) is 0 Å². The second-order valence-corrected chi connectivity index (χ2v) is 6.89. The molecule has 1 aliphatic rings. The maximum atomic E-state index is 12.0. The Hall–Kier alpha value is -1.70. The van der Waals surface area contributed by atoms with Gasteiger partial charge in [-0.25, -0.2) is 0 Å². The third kappa shape index (κ3) is 4.43. The Morgan fingerprint density at radius 1 is 1.21 bits per heavy atom. The number of ether oxygens (including phenoxy) is 1. The quantitative estimate of drug-likeness (QED) is 0.765. The number of carbonyl (C=O) groups is 1. The molecule has 1 N–H and O–H groups in total. The van der Waals surface area contributed by atoms with Gasteiger partial charge in [-0.15, -0.1) is 0 Å². The van der Waals surface area contributed by atoms with Crippen LogP contribution in [0.15, 0.2) is 29.1 Å². The third-order valence-electron chi connectivity index (χ3n) is 4.21. The van der Waals surface area contributed by atoms with Crippen LogP contribution >= 0.6 is 11.3 Å². The summed E-state index contributed by atoms with van der Waals surface area (Å²) in [6.07, 6.45) is 1.27. The van der Waals surface area contributed by atoms with Gasteiger partial charge in [0.15, 0.2) is 0 Å². The topological polar surface area (TPSA) is 63.6 Å². The molecule has 0 unspecified atom stereocenters. The molecule has 0 bridgehead atoms. The van der Waals surface area contributed by atoms with Gasteiger partial charge in [-0.2, -0.15) is 0 Å². The van der Waals surface area contributed by atoms with Crippen molar-refractivity contribution in [2.24, 2.45) is 0 Å². The van der Waals surface area contributed by atoms with Crippen LogP contribution in [0.4, 0.5) is 0 Å². The Morgan fingerprint density at radius 3 is 2.83 bits per heavy atom. The van der Waals surface area contributed by atoms with E-state index in [4.69, 9.17) is 4.74 Å². The summed E-state index contributed by atoms with van der Waals surface area (Å²) in [5, 5.41) is 2.94. The number of hydrogen-bond acceptors (Lipinski definition) is 5. The van der Waals surface area contributed by atoms with Gasteiger partial charge in [0.05, 0.1) is 23.4 Å². The van der Waals surface area contributed by atoms with Gasteiger partial charge in [0, 0.05) is 32.6 Å². The Morgan fingerprint density at radius 2 is 2.00 bits per heavy atom. The summed E-state index contributed by atoms with van der Waals surface area (Å²) < 4.78 is 7.97. The van der Waals surface area contributed by atoms with Crippen molar-refractivity contribution in [3.05, 3.63) is 33.9 Å². The molecule has 1 amide bonds. The fourth-order valence-corrected chi connectivity index (χ4v) is 3.80. The molecule has 0 saturated carbocycles. The van der Waals surface area contributed by atoms with E-state index in [0.717, 1.165) is 49.5 Å². The number of aryl methyl sites for hydroxylation is 1. The first-order chi connectivity index (χ1) is 11.7. The van der Waals surface area contributed by atoms with Crippen LogP contribution in [-0.4, -0.2) is 54.8 Å². The van der Waals surface area contributed by atoms with E-state index in [-0.39, 0.29) is 10.8 Å². The number of morpholine rings is 1. The number of rotatable bonds is 7. The highest BCUT2D eigenvalue weighted by Gasteiger charge is 2.11. The highest BCUT2D eigenvalue weighted by atomic mass is 32.1. The lowest BCUT2D eigenvalue weighted by atomic mass is 10.3. The van der Waals surface area contributed by atoms with Gasteiger partial charge >= 0.3 is 4.87 Å². The zero-order chi connectivity index (χ0) is 16.8. The number of nitrogens with one attached hydrogen (secondary N) is 1. The van der Waals surface area contributed by atoms with Crippen molar-refractivity contribution >= 4 is 27.5 Å². The van der Waals surface area contributed by atoms with E-state index in [2.05, 4.69) is 10.2 Å². The van der Waals surface area contributed by atoms with Crippen LogP contribution in [-0.2, 0) is 16.1 Å². The number of thiazole rings is 1. The predicted octanol–water partition coefficient (Wildman–Crippen LogP) is 1.29. The molecule has 0 radical (unpaired) electrons. The number of para-hydroxylation sites is 1. The van der Waals surface area contributed by atoms with Crippen LogP contribution in [0.3, 0.4) is 0 Å². The summed E-state index contributed by atoms with van der Waals surface area (Å²) in [6, 6.07) is 7.69. The fourth-order valence-electron chi connectivity index (χ4n) is 2.88. The number of aromatic nitrogens is 1. The molecule has 6 nitrogen and oxygen atoms in total. The lowest BCUT2D eigenvalue weighted by Crippen LogP contribution is -2.38. The van der Waals surface area contributed by atoms with Gasteiger partial charge in [-0.3, -0.25) is 19.1 Å². The van der Waals surface area contributed by atoms with Gasteiger partial charge in [0.2, 0.25) is 5.91 Å². The van der Waals surface area contributed by atoms with Crippen molar-refractivity contribution in [3.63, 3.8) is 0 Å². The van der Waals surface area contributed by atoms with Gasteiger partial charge in [-0.1, -0.05) is 23.5 Å². The highest BCUT2D eigenvalue weighted by Crippen LogP contribution is 2.16. The number of benzene rings is 1. The van der Waals surface area contributed by atoms with Crippen molar-refractivity contribution in [2.45, 2.75) is 19.4 Å². The number of hydrogen-bond donors (Lipinski definition) is 1. The Labute approximate surface area is 145 Å². The van der Waals surface area contributed by atoms with Gasteiger partial charge in [0.25, 0.3) is 0 Å². The van der Waals surface area contributed by atoms with Crippen LogP contribution in [0.25, 0.3) is 10.2 Å².